The van der Waals surface area contributed by atoms with Crippen molar-refractivity contribution in [3.05, 3.63) is 34.9 Å². The molecule has 23 heavy (non-hydrogen) atoms. The number of aliphatic carboxylic acids is 1. The zero-order chi connectivity index (χ0) is 17.0. The molecule has 0 bridgehead atoms. The average molecular weight is 320 g/mol. The number of fused-ring (bicyclic) bond motifs is 1. The van der Waals surface area contributed by atoms with Crippen molar-refractivity contribution in [1.29, 1.82) is 0 Å². The molecular formula is C15H20N4O4. The van der Waals surface area contributed by atoms with Gasteiger partial charge in [-0.15, -0.1) is 5.10 Å². The summed E-state index contributed by atoms with van der Waals surface area (Å²) in [7, 11) is 0. The van der Waals surface area contributed by atoms with Crippen LogP contribution in [0, 0.1) is 5.92 Å². The standard InChI is InChI=1S/C15H20N4O4/c1-10(2)9-11(14(21)22)16-13(20)6-8-19-15(23)18-7-4-3-5-12(18)17-19/h3-5,7,10-11H,6,8-9H2,1-2H3,(H,16,20)(H,21,22)/t11-/m1/s1. The molecule has 0 radical (unpaired) electrons. The van der Waals surface area contributed by atoms with Crippen LogP contribution in [-0.4, -0.2) is 37.2 Å². The highest BCUT2D eigenvalue weighted by atomic mass is 16.4. The predicted molar refractivity (Wildman–Crippen MR) is 83.1 cm³/mol. The molecule has 0 saturated heterocycles. The molecule has 0 aromatic carbocycles. The highest BCUT2D eigenvalue weighted by molar-refractivity contribution is 5.83. The highest BCUT2D eigenvalue weighted by Crippen LogP contribution is 2.05. The van der Waals surface area contributed by atoms with Crippen LogP contribution in [0.5, 0.6) is 0 Å². The van der Waals surface area contributed by atoms with E-state index >= 15 is 0 Å². The SMILES string of the molecule is CC(C)C[C@@H](NC(=O)CCn1nc2ccccn2c1=O)C(=O)O. The lowest BCUT2D eigenvalue weighted by Gasteiger charge is -2.16. The molecular weight excluding hydrogens is 300 g/mol. The van der Waals surface area contributed by atoms with E-state index in [1.807, 2.05) is 13.8 Å². The van der Waals surface area contributed by atoms with Crippen molar-refractivity contribution in [3.8, 4) is 0 Å². The second-order valence-electron chi connectivity index (χ2n) is 5.77. The lowest BCUT2D eigenvalue weighted by molar-refractivity contribution is -0.142. The maximum absolute atomic E-state index is 12.1. The van der Waals surface area contributed by atoms with Crippen molar-refractivity contribution in [2.24, 2.45) is 5.92 Å². The first kappa shape index (κ1) is 16.7. The molecule has 2 aromatic heterocycles. The first-order chi connectivity index (χ1) is 10.9. The number of amides is 1. The number of nitrogens with zero attached hydrogens (tertiary/aromatic N) is 3. The first-order valence-corrected chi connectivity index (χ1v) is 7.45. The minimum atomic E-state index is -1.06. The van der Waals surface area contributed by atoms with Crippen LogP contribution in [0.2, 0.25) is 0 Å². The van der Waals surface area contributed by atoms with Gasteiger partial charge in [-0.1, -0.05) is 19.9 Å². The van der Waals surface area contributed by atoms with Gasteiger partial charge in [0, 0.05) is 12.6 Å². The van der Waals surface area contributed by atoms with E-state index in [0.29, 0.717) is 12.1 Å². The Bertz CT molecular complexity index is 762. The molecule has 2 aromatic rings. The summed E-state index contributed by atoms with van der Waals surface area (Å²) in [5.74, 6) is -1.32. The van der Waals surface area contributed by atoms with Gasteiger partial charge in [0.05, 0.1) is 6.54 Å². The number of hydrogen-bond donors (Lipinski definition) is 2. The van der Waals surface area contributed by atoms with Gasteiger partial charge >= 0.3 is 11.7 Å². The number of nitrogens with one attached hydrogen (secondary N) is 1. The second kappa shape index (κ2) is 7.08. The number of aromatic nitrogens is 3. The molecule has 2 heterocycles. The molecule has 0 aliphatic carbocycles. The van der Waals surface area contributed by atoms with Gasteiger partial charge in [-0.05, 0) is 24.5 Å². The largest absolute Gasteiger partial charge is 0.480 e. The number of carbonyl (C=O) groups is 2. The van der Waals surface area contributed by atoms with E-state index in [0.717, 1.165) is 0 Å². The number of aryl methyl sites for hydroxylation is 1. The fraction of sp³-hybridized carbons (Fsp3) is 0.467. The molecule has 8 heteroatoms. The Morgan fingerprint density at radius 2 is 2.09 bits per heavy atom. The van der Waals surface area contributed by atoms with Crippen molar-refractivity contribution in [2.75, 3.05) is 0 Å². The first-order valence-electron chi connectivity index (χ1n) is 7.45. The molecule has 0 saturated carbocycles. The molecule has 1 amide bonds. The van der Waals surface area contributed by atoms with Crippen molar-refractivity contribution in [1.82, 2.24) is 19.5 Å². The molecule has 8 nitrogen and oxygen atoms in total. The molecule has 124 valence electrons. The van der Waals surface area contributed by atoms with E-state index in [4.69, 9.17) is 5.11 Å². The lowest BCUT2D eigenvalue weighted by atomic mass is 10.0. The summed E-state index contributed by atoms with van der Waals surface area (Å²) in [5, 5.41) is 15.7. The maximum Gasteiger partial charge on any atom is 0.350 e. The Kier molecular flexibility index (Phi) is 5.15. The quantitative estimate of drug-likeness (QED) is 0.773. The van der Waals surface area contributed by atoms with Crippen molar-refractivity contribution in [3.63, 3.8) is 0 Å². The van der Waals surface area contributed by atoms with Gasteiger partial charge in [-0.25, -0.2) is 14.3 Å². The molecule has 0 unspecified atom stereocenters. The van der Waals surface area contributed by atoms with E-state index in [1.54, 1.807) is 24.4 Å². The van der Waals surface area contributed by atoms with E-state index < -0.39 is 17.9 Å². The molecule has 0 aliphatic heterocycles. The topological polar surface area (TPSA) is 106 Å². The minimum Gasteiger partial charge on any atom is -0.480 e. The van der Waals surface area contributed by atoms with Gasteiger partial charge in [0.2, 0.25) is 5.91 Å². The van der Waals surface area contributed by atoms with Crippen molar-refractivity contribution in [2.45, 2.75) is 39.3 Å². The molecule has 2 N–H and O–H groups in total. The number of carbonyl (C=O) groups excluding carboxylic acids is 1. The van der Waals surface area contributed by atoms with E-state index in [2.05, 4.69) is 10.4 Å². The van der Waals surface area contributed by atoms with Crippen LogP contribution in [0.3, 0.4) is 0 Å². The maximum atomic E-state index is 12.1. The Morgan fingerprint density at radius 1 is 1.35 bits per heavy atom. The van der Waals surface area contributed by atoms with Crippen LogP contribution in [0.4, 0.5) is 0 Å². The number of pyridine rings is 1. The summed E-state index contributed by atoms with van der Waals surface area (Å²) < 4.78 is 2.59. The molecule has 1 atom stereocenters. The summed E-state index contributed by atoms with van der Waals surface area (Å²) in [6.45, 7) is 3.87. The molecule has 0 spiro atoms. The second-order valence-corrected chi connectivity index (χ2v) is 5.77. The van der Waals surface area contributed by atoms with Gasteiger partial charge < -0.3 is 10.4 Å². The normalized spacial score (nSPS) is 12.5. The third-order valence-electron chi connectivity index (χ3n) is 3.38. The Morgan fingerprint density at radius 3 is 2.70 bits per heavy atom. The van der Waals surface area contributed by atoms with Crippen LogP contribution in [0.25, 0.3) is 5.65 Å². The van der Waals surface area contributed by atoms with Crippen molar-refractivity contribution >= 4 is 17.5 Å². The van der Waals surface area contributed by atoms with Crippen LogP contribution in [0.1, 0.15) is 26.7 Å². The number of rotatable bonds is 7. The number of hydrogen-bond acceptors (Lipinski definition) is 4. The van der Waals surface area contributed by atoms with Crippen LogP contribution < -0.4 is 11.0 Å². The summed E-state index contributed by atoms with van der Waals surface area (Å²) in [4.78, 5) is 35.1. The van der Waals surface area contributed by atoms with E-state index in [1.165, 1.54) is 9.08 Å². The Hall–Kier alpha value is -2.64. The molecule has 0 fully saturated rings. The van der Waals surface area contributed by atoms with Gasteiger partial charge in [-0.3, -0.25) is 9.20 Å². The summed E-state index contributed by atoms with van der Waals surface area (Å²) in [6, 6.07) is 4.26. The van der Waals surface area contributed by atoms with Gasteiger partial charge in [0.25, 0.3) is 0 Å². The van der Waals surface area contributed by atoms with Crippen molar-refractivity contribution < 1.29 is 14.7 Å². The van der Waals surface area contributed by atoms with E-state index in [9.17, 15) is 14.4 Å². The average Bonchev–Trinajstić information content (AvgIpc) is 2.81. The molecule has 2 rings (SSSR count). The third kappa shape index (κ3) is 4.18. The lowest BCUT2D eigenvalue weighted by Crippen LogP contribution is -2.42. The zero-order valence-electron chi connectivity index (χ0n) is 13.1. The van der Waals surface area contributed by atoms with Gasteiger partial charge in [-0.2, -0.15) is 0 Å². The summed E-state index contributed by atoms with van der Waals surface area (Å²) in [5.41, 5.74) is 0.173. The van der Waals surface area contributed by atoms with E-state index in [-0.39, 0.29) is 24.6 Å². The Balaban J connectivity index is 1.99. The monoisotopic (exact) mass is 320 g/mol. The minimum absolute atomic E-state index is 0.00827. The fourth-order valence-electron chi connectivity index (χ4n) is 2.28. The smallest absolute Gasteiger partial charge is 0.350 e. The van der Waals surface area contributed by atoms with Crippen LogP contribution >= 0.6 is 0 Å². The van der Waals surface area contributed by atoms with Gasteiger partial charge in [0.1, 0.15) is 6.04 Å². The van der Waals surface area contributed by atoms with Crippen LogP contribution in [0.15, 0.2) is 29.2 Å². The number of carboxylic acid groups (broad SMARTS) is 1. The molecule has 0 aliphatic rings. The highest BCUT2D eigenvalue weighted by Gasteiger charge is 2.21. The summed E-state index contributed by atoms with van der Waals surface area (Å²) >= 11 is 0. The zero-order valence-corrected chi connectivity index (χ0v) is 13.1. The third-order valence-corrected chi connectivity index (χ3v) is 3.38. The van der Waals surface area contributed by atoms with Gasteiger partial charge in [0.15, 0.2) is 5.65 Å². The Labute approximate surface area is 132 Å². The summed E-state index contributed by atoms with van der Waals surface area (Å²) in [6.07, 6.45) is 1.95. The fourth-order valence-corrected chi connectivity index (χ4v) is 2.28. The number of carboxylic acids is 1. The predicted octanol–water partition coefficient (Wildman–Crippen LogP) is 0.502. The van der Waals surface area contributed by atoms with Crippen LogP contribution in [-0.2, 0) is 16.1 Å².